The number of carboxylic acids is 1. The van der Waals surface area contributed by atoms with E-state index in [1.54, 1.807) is 0 Å². The normalized spacial score (nSPS) is 24.8. The molecule has 3 aliphatic rings. The van der Waals surface area contributed by atoms with Crippen molar-refractivity contribution in [2.75, 3.05) is 5.32 Å². The number of phenolic OH excluding ortho intramolecular Hbond substituents is 4. The Morgan fingerprint density at radius 3 is 2.07 bits per heavy atom. The maximum atomic E-state index is 13.4. The smallest absolute Gasteiger partial charge is 0.338 e. The second kappa shape index (κ2) is 11.1. The minimum atomic E-state index is -1.47. The van der Waals surface area contributed by atoms with E-state index in [4.69, 9.17) is 4.74 Å². The van der Waals surface area contributed by atoms with Crippen LogP contribution in [0.25, 0.3) is 0 Å². The molecule has 2 bridgehead atoms. The summed E-state index contributed by atoms with van der Waals surface area (Å²) >= 11 is 0. The molecule has 12 heteroatoms. The van der Waals surface area contributed by atoms with Crippen LogP contribution in [0.2, 0.25) is 0 Å². The second-order valence-electron chi connectivity index (χ2n) is 11.6. The molecule has 3 aromatic carbocycles. The Bertz CT molecular complexity index is 1650. The van der Waals surface area contributed by atoms with Gasteiger partial charge >= 0.3 is 11.9 Å². The first kappa shape index (κ1) is 28.8. The largest absolute Gasteiger partial charge is 0.508 e. The molecule has 3 aliphatic carbocycles. The van der Waals surface area contributed by atoms with Gasteiger partial charge in [-0.05, 0) is 85.5 Å². The number of rotatable bonds is 7. The number of benzene rings is 3. The summed E-state index contributed by atoms with van der Waals surface area (Å²) in [6.07, 6.45) is 3.26. The number of aromatic hydroxyl groups is 4. The molecule has 6 rings (SSSR count). The van der Waals surface area contributed by atoms with Crippen molar-refractivity contribution in [3.8, 4) is 23.0 Å². The number of esters is 1. The van der Waals surface area contributed by atoms with E-state index < -0.39 is 64.1 Å². The van der Waals surface area contributed by atoms with Crippen molar-refractivity contribution in [2.24, 2.45) is 23.7 Å². The third-order valence-electron chi connectivity index (χ3n) is 9.25. The van der Waals surface area contributed by atoms with E-state index in [9.17, 15) is 44.7 Å². The number of anilines is 1. The number of nitrogens with one attached hydrogen (secondary N) is 2. The molecule has 0 radical (unpaired) electrons. The third kappa shape index (κ3) is 5.01. The fraction of sp³-hybridized carbons (Fsp3) is 0.312. The molecular formula is C32H30N2O10. The molecule has 3 saturated carbocycles. The molecule has 6 unspecified atom stereocenters. The van der Waals surface area contributed by atoms with E-state index >= 15 is 0 Å². The number of carbonyl (C=O) groups is 4. The first-order chi connectivity index (χ1) is 21.0. The van der Waals surface area contributed by atoms with Gasteiger partial charge in [-0.15, -0.1) is 0 Å². The van der Waals surface area contributed by atoms with Gasteiger partial charge < -0.3 is 40.9 Å². The summed E-state index contributed by atoms with van der Waals surface area (Å²) < 4.78 is 5.96. The summed E-state index contributed by atoms with van der Waals surface area (Å²) in [4.78, 5) is 50.8. The zero-order valence-electron chi connectivity index (χ0n) is 23.3. The van der Waals surface area contributed by atoms with Gasteiger partial charge in [0.1, 0.15) is 34.8 Å². The highest BCUT2D eigenvalue weighted by atomic mass is 16.5. The van der Waals surface area contributed by atoms with Crippen molar-refractivity contribution < 1.29 is 49.4 Å². The van der Waals surface area contributed by atoms with Crippen LogP contribution < -0.4 is 10.6 Å². The minimum Gasteiger partial charge on any atom is -0.508 e. The van der Waals surface area contributed by atoms with Crippen LogP contribution in [0.4, 0.5) is 5.69 Å². The second-order valence-corrected chi connectivity index (χ2v) is 11.6. The lowest BCUT2D eigenvalue weighted by Crippen LogP contribution is -2.52. The number of amides is 2. The molecule has 0 heterocycles. The highest BCUT2D eigenvalue weighted by Gasteiger charge is 2.61. The van der Waals surface area contributed by atoms with E-state index in [1.165, 1.54) is 30.3 Å². The monoisotopic (exact) mass is 602 g/mol. The lowest BCUT2D eigenvalue weighted by molar-refractivity contribution is -0.0126. The van der Waals surface area contributed by atoms with Crippen molar-refractivity contribution in [3.63, 3.8) is 0 Å². The summed E-state index contributed by atoms with van der Waals surface area (Å²) in [7, 11) is 0. The Labute approximate surface area is 250 Å². The number of ether oxygens (including phenoxy) is 1. The van der Waals surface area contributed by atoms with Gasteiger partial charge in [0.2, 0.25) is 0 Å². The first-order valence-electron chi connectivity index (χ1n) is 14.3. The molecule has 3 aromatic rings. The Hall–Kier alpha value is -5.26. The van der Waals surface area contributed by atoms with E-state index in [0.717, 1.165) is 49.9 Å². The van der Waals surface area contributed by atoms with Gasteiger partial charge in [0.25, 0.3) is 11.8 Å². The van der Waals surface area contributed by atoms with Gasteiger partial charge in [-0.25, -0.2) is 9.59 Å². The maximum Gasteiger partial charge on any atom is 0.338 e. The molecule has 0 saturated heterocycles. The predicted molar refractivity (Wildman–Crippen MR) is 154 cm³/mol. The standard InChI is InChI=1S/C32H30N2O10/c35-16-9-7-14(8-10-16)29(39)33-26-20-13-21(18-4-1-3-17(18)20)28(26)44-32(43)15-11-23(37)27(24(38)12-15)34-30(40)25-19(31(41)42)5-2-6-22(25)36/h2,5-12,17-18,20-21,26,28,35-38H,1,3-4,13H2,(H,33,39)(H,34,40)(H,41,42). The molecule has 0 aliphatic heterocycles. The fourth-order valence-corrected chi connectivity index (χ4v) is 7.42. The average molecular weight is 603 g/mol. The molecule has 3 fully saturated rings. The molecular weight excluding hydrogens is 572 g/mol. The summed E-state index contributed by atoms with van der Waals surface area (Å²) in [5.74, 6) is -4.83. The maximum absolute atomic E-state index is 13.4. The minimum absolute atomic E-state index is 0.0300. The van der Waals surface area contributed by atoms with Crippen molar-refractivity contribution in [3.05, 3.63) is 76.9 Å². The number of carboxylic acid groups (broad SMARTS) is 1. The lowest BCUT2D eigenvalue weighted by Gasteiger charge is -2.38. The van der Waals surface area contributed by atoms with E-state index in [2.05, 4.69) is 10.6 Å². The van der Waals surface area contributed by atoms with E-state index in [1.807, 2.05) is 0 Å². The zero-order valence-corrected chi connectivity index (χ0v) is 23.3. The average Bonchev–Trinajstić information content (AvgIpc) is 3.68. The van der Waals surface area contributed by atoms with Gasteiger partial charge in [0, 0.05) is 11.5 Å². The predicted octanol–water partition coefficient (Wildman–Crippen LogP) is 3.85. The molecule has 44 heavy (non-hydrogen) atoms. The Morgan fingerprint density at radius 2 is 1.41 bits per heavy atom. The third-order valence-corrected chi connectivity index (χ3v) is 9.25. The molecule has 12 nitrogen and oxygen atoms in total. The van der Waals surface area contributed by atoms with Gasteiger partial charge in [0.15, 0.2) is 0 Å². The first-order valence-corrected chi connectivity index (χ1v) is 14.3. The summed E-state index contributed by atoms with van der Waals surface area (Å²) in [5.41, 5.74) is -1.43. The molecule has 0 spiro atoms. The molecule has 0 aromatic heterocycles. The topological polar surface area (TPSA) is 203 Å². The number of fused-ring (bicyclic) bond motifs is 5. The van der Waals surface area contributed by atoms with Crippen LogP contribution in [-0.2, 0) is 4.74 Å². The summed E-state index contributed by atoms with van der Waals surface area (Å²) in [6, 6.07) is 10.9. The van der Waals surface area contributed by atoms with Crippen LogP contribution in [0.15, 0.2) is 54.6 Å². The Morgan fingerprint density at radius 1 is 0.750 bits per heavy atom. The van der Waals surface area contributed by atoms with Crippen LogP contribution in [0.1, 0.15) is 67.1 Å². The van der Waals surface area contributed by atoms with Crippen LogP contribution in [0, 0.1) is 23.7 Å². The highest BCUT2D eigenvalue weighted by molar-refractivity contribution is 6.13. The van der Waals surface area contributed by atoms with Crippen molar-refractivity contribution in [2.45, 2.75) is 37.8 Å². The van der Waals surface area contributed by atoms with Crippen molar-refractivity contribution in [1.29, 1.82) is 0 Å². The van der Waals surface area contributed by atoms with Crippen LogP contribution in [0.5, 0.6) is 23.0 Å². The number of phenols is 4. The number of carbonyl (C=O) groups excluding carboxylic acids is 3. The molecule has 2 amide bonds. The highest BCUT2D eigenvalue weighted by Crippen LogP contribution is 2.59. The number of hydrogen-bond donors (Lipinski definition) is 7. The van der Waals surface area contributed by atoms with Gasteiger partial charge in [-0.3, -0.25) is 9.59 Å². The van der Waals surface area contributed by atoms with Gasteiger partial charge in [0.05, 0.1) is 22.7 Å². The summed E-state index contributed by atoms with van der Waals surface area (Å²) in [6.45, 7) is 0. The molecule has 6 atom stereocenters. The summed E-state index contributed by atoms with van der Waals surface area (Å²) in [5, 5.41) is 55.5. The fourth-order valence-electron chi connectivity index (χ4n) is 7.42. The van der Waals surface area contributed by atoms with Crippen LogP contribution in [0.3, 0.4) is 0 Å². The Kier molecular flexibility index (Phi) is 7.28. The number of aromatic carboxylic acids is 1. The van der Waals surface area contributed by atoms with Gasteiger partial charge in [-0.2, -0.15) is 0 Å². The van der Waals surface area contributed by atoms with Crippen molar-refractivity contribution >= 4 is 29.4 Å². The number of hydrogen-bond acceptors (Lipinski definition) is 9. The quantitative estimate of drug-likeness (QED) is 0.154. The van der Waals surface area contributed by atoms with Crippen LogP contribution in [-0.4, -0.2) is 61.4 Å². The Balaban J connectivity index is 1.22. The lowest BCUT2D eigenvalue weighted by atomic mass is 9.77. The van der Waals surface area contributed by atoms with Crippen molar-refractivity contribution in [1.82, 2.24) is 5.32 Å². The molecule has 7 N–H and O–H groups in total. The SMILES string of the molecule is O=C(NC1C2CC(C3CCCC32)C1OC(=O)c1cc(O)c(NC(=O)c2c(O)cccc2C(=O)O)c(O)c1)c1ccc(O)cc1. The van der Waals surface area contributed by atoms with E-state index in [-0.39, 0.29) is 29.1 Å². The van der Waals surface area contributed by atoms with Crippen LogP contribution >= 0.6 is 0 Å². The van der Waals surface area contributed by atoms with Gasteiger partial charge in [-0.1, -0.05) is 12.5 Å². The van der Waals surface area contributed by atoms with E-state index in [0.29, 0.717) is 17.4 Å². The zero-order chi connectivity index (χ0) is 31.3. The molecule has 228 valence electrons.